The fourth-order valence-electron chi connectivity index (χ4n) is 3.87. The number of primary sulfonamides is 1. The molecular weight excluding hydrogens is 370 g/mol. The Balaban J connectivity index is 1.53. The molecule has 0 saturated carbocycles. The second-order valence-electron chi connectivity index (χ2n) is 6.98. The molecule has 1 atom stereocenters. The van der Waals surface area contributed by atoms with Crippen LogP contribution < -0.4 is 10.0 Å². The van der Waals surface area contributed by atoms with Gasteiger partial charge in [-0.3, -0.25) is 9.69 Å². The monoisotopic (exact) mass is 391 g/mol. The first kappa shape index (κ1) is 17.7. The number of carbonyl (C=O) groups excluding carboxylic acids is 1. The van der Waals surface area contributed by atoms with E-state index in [-0.39, 0.29) is 16.8 Å². The van der Waals surface area contributed by atoms with Crippen molar-refractivity contribution in [1.82, 2.24) is 4.90 Å². The molecular formula is C18H21N3O3S2. The third-order valence-corrected chi connectivity index (χ3v) is 7.04. The van der Waals surface area contributed by atoms with Crippen LogP contribution in [0.15, 0.2) is 34.5 Å². The molecule has 2 aromatic rings. The summed E-state index contributed by atoms with van der Waals surface area (Å²) in [6, 6.07) is 6.91. The van der Waals surface area contributed by atoms with Crippen molar-refractivity contribution in [2.75, 3.05) is 18.0 Å². The lowest BCUT2D eigenvalue weighted by molar-refractivity contribution is -0.120. The van der Waals surface area contributed by atoms with Crippen LogP contribution >= 0.6 is 11.3 Å². The van der Waals surface area contributed by atoms with Gasteiger partial charge in [-0.25, -0.2) is 13.6 Å². The lowest BCUT2D eigenvalue weighted by atomic mass is 10.1. The van der Waals surface area contributed by atoms with E-state index >= 15 is 0 Å². The van der Waals surface area contributed by atoms with Crippen LogP contribution in [-0.2, 0) is 34.2 Å². The van der Waals surface area contributed by atoms with Crippen LogP contribution in [0.1, 0.15) is 22.9 Å². The molecule has 0 spiro atoms. The molecule has 3 heterocycles. The van der Waals surface area contributed by atoms with Gasteiger partial charge in [0.2, 0.25) is 15.9 Å². The summed E-state index contributed by atoms with van der Waals surface area (Å²) in [7, 11) is -3.74. The Bertz CT molecular complexity index is 968. The largest absolute Gasteiger partial charge is 0.308 e. The SMILES string of the molecule is C[C@H]1Cc2cc(S(N)(=O)=O)ccc2N1C(=O)CN1CCc2sccc2C1. The fourth-order valence-corrected chi connectivity index (χ4v) is 5.33. The molecule has 26 heavy (non-hydrogen) atoms. The molecule has 4 rings (SSSR count). The van der Waals surface area contributed by atoms with Gasteiger partial charge in [0.15, 0.2) is 0 Å². The molecule has 6 nitrogen and oxygen atoms in total. The molecule has 0 radical (unpaired) electrons. The minimum absolute atomic E-state index is 0.00901. The van der Waals surface area contributed by atoms with Crippen LogP contribution in [-0.4, -0.2) is 38.4 Å². The van der Waals surface area contributed by atoms with Gasteiger partial charge < -0.3 is 4.90 Å². The maximum Gasteiger partial charge on any atom is 0.241 e. The third kappa shape index (κ3) is 3.18. The summed E-state index contributed by atoms with van der Waals surface area (Å²) >= 11 is 1.78. The van der Waals surface area contributed by atoms with E-state index in [1.165, 1.54) is 16.5 Å². The molecule has 2 aliphatic rings. The van der Waals surface area contributed by atoms with Gasteiger partial charge in [0.05, 0.1) is 11.4 Å². The second-order valence-corrected chi connectivity index (χ2v) is 9.54. The van der Waals surface area contributed by atoms with Crippen LogP contribution in [0, 0.1) is 0 Å². The summed E-state index contributed by atoms with van der Waals surface area (Å²) in [5, 5.41) is 7.33. The molecule has 2 aliphatic heterocycles. The van der Waals surface area contributed by atoms with Crippen LogP contribution in [0.2, 0.25) is 0 Å². The zero-order valence-electron chi connectivity index (χ0n) is 14.5. The highest BCUT2D eigenvalue weighted by Crippen LogP contribution is 2.34. The number of benzene rings is 1. The van der Waals surface area contributed by atoms with Crippen molar-refractivity contribution >= 4 is 33.0 Å². The fraction of sp³-hybridized carbons (Fsp3) is 0.389. The van der Waals surface area contributed by atoms with E-state index in [0.29, 0.717) is 13.0 Å². The van der Waals surface area contributed by atoms with Gasteiger partial charge in [0.1, 0.15) is 0 Å². The molecule has 2 N–H and O–H groups in total. The molecule has 1 amide bonds. The zero-order chi connectivity index (χ0) is 18.5. The van der Waals surface area contributed by atoms with Gasteiger partial charge >= 0.3 is 0 Å². The van der Waals surface area contributed by atoms with Crippen molar-refractivity contribution in [3.05, 3.63) is 45.6 Å². The zero-order valence-corrected chi connectivity index (χ0v) is 16.1. The second kappa shape index (κ2) is 6.45. The lowest BCUT2D eigenvalue weighted by Crippen LogP contribution is -2.44. The van der Waals surface area contributed by atoms with Crippen molar-refractivity contribution in [2.24, 2.45) is 5.14 Å². The molecule has 0 bridgehead atoms. The smallest absolute Gasteiger partial charge is 0.241 e. The summed E-state index contributed by atoms with van der Waals surface area (Å²) in [4.78, 5) is 18.5. The van der Waals surface area contributed by atoms with Crippen molar-refractivity contribution in [2.45, 2.75) is 37.2 Å². The van der Waals surface area contributed by atoms with E-state index in [1.807, 2.05) is 6.92 Å². The van der Waals surface area contributed by atoms with Gasteiger partial charge in [-0.1, -0.05) is 0 Å². The maximum atomic E-state index is 13.0. The Labute approximate surface area is 157 Å². The highest BCUT2D eigenvalue weighted by molar-refractivity contribution is 7.89. The number of amides is 1. The van der Waals surface area contributed by atoms with E-state index in [1.54, 1.807) is 28.4 Å². The minimum atomic E-state index is -3.74. The summed E-state index contributed by atoms with van der Waals surface area (Å²) < 4.78 is 23.1. The maximum absolute atomic E-state index is 13.0. The quantitative estimate of drug-likeness (QED) is 0.864. The summed E-state index contributed by atoms with van der Waals surface area (Å²) in [5.74, 6) is 0.0540. The van der Waals surface area contributed by atoms with E-state index in [2.05, 4.69) is 16.3 Å². The summed E-state index contributed by atoms with van der Waals surface area (Å²) in [6.07, 6.45) is 1.63. The number of nitrogens with zero attached hydrogens (tertiary/aromatic N) is 2. The predicted molar refractivity (Wildman–Crippen MR) is 102 cm³/mol. The van der Waals surface area contributed by atoms with Crippen molar-refractivity contribution in [3.63, 3.8) is 0 Å². The molecule has 1 aromatic carbocycles. The predicted octanol–water partition coefficient (Wildman–Crippen LogP) is 1.73. The number of thiophene rings is 1. The molecule has 138 valence electrons. The van der Waals surface area contributed by atoms with Gasteiger partial charge in [-0.2, -0.15) is 0 Å². The molecule has 0 unspecified atom stereocenters. The number of hydrogen-bond donors (Lipinski definition) is 1. The highest BCUT2D eigenvalue weighted by atomic mass is 32.2. The number of nitrogens with two attached hydrogens (primary N) is 1. The Kier molecular flexibility index (Phi) is 4.38. The van der Waals surface area contributed by atoms with Crippen LogP contribution in [0.25, 0.3) is 0 Å². The van der Waals surface area contributed by atoms with E-state index < -0.39 is 10.0 Å². The Morgan fingerprint density at radius 2 is 2.12 bits per heavy atom. The molecule has 0 aliphatic carbocycles. The van der Waals surface area contributed by atoms with Crippen molar-refractivity contribution < 1.29 is 13.2 Å². The molecule has 8 heteroatoms. The molecule has 1 aromatic heterocycles. The summed E-state index contributed by atoms with van der Waals surface area (Å²) in [5.41, 5.74) is 2.97. The third-order valence-electron chi connectivity index (χ3n) is 5.11. The lowest BCUT2D eigenvalue weighted by Gasteiger charge is -2.30. The van der Waals surface area contributed by atoms with E-state index in [9.17, 15) is 13.2 Å². The first-order valence-corrected chi connectivity index (χ1v) is 11.0. The number of hydrogen-bond acceptors (Lipinski definition) is 5. The average molecular weight is 392 g/mol. The highest BCUT2D eigenvalue weighted by Gasteiger charge is 2.33. The van der Waals surface area contributed by atoms with Crippen LogP contribution in [0.3, 0.4) is 0 Å². The van der Waals surface area contributed by atoms with Gasteiger partial charge in [-0.05, 0) is 60.5 Å². The number of fused-ring (bicyclic) bond motifs is 2. The van der Waals surface area contributed by atoms with E-state index in [4.69, 9.17) is 5.14 Å². The number of carbonyl (C=O) groups is 1. The van der Waals surface area contributed by atoms with Crippen molar-refractivity contribution in [3.8, 4) is 0 Å². The number of anilines is 1. The van der Waals surface area contributed by atoms with Gasteiger partial charge in [0.25, 0.3) is 0 Å². The number of sulfonamides is 1. The van der Waals surface area contributed by atoms with E-state index in [0.717, 1.165) is 30.8 Å². The standard InChI is InChI=1S/C18H21N3O3S2/c1-12-8-14-9-15(26(19,23)24)2-3-16(14)21(12)18(22)11-20-6-4-17-13(10-20)5-7-25-17/h2-3,5,7,9,12H,4,6,8,10-11H2,1H3,(H2,19,23,24)/t12-/m0/s1. The first-order chi connectivity index (χ1) is 12.3. The van der Waals surface area contributed by atoms with Crippen molar-refractivity contribution in [1.29, 1.82) is 0 Å². The molecule has 0 saturated heterocycles. The van der Waals surface area contributed by atoms with Crippen LogP contribution in [0.4, 0.5) is 5.69 Å². The molecule has 0 fully saturated rings. The minimum Gasteiger partial charge on any atom is -0.308 e. The normalized spacial score (nSPS) is 20.1. The van der Waals surface area contributed by atoms with Gasteiger partial charge in [0, 0.05) is 29.7 Å². The Morgan fingerprint density at radius 1 is 1.31 bits per heavy atom. The van der Waals surface area contributed by atoms with Crippen LogP contribution in [0.5, 0.6) is 0 Å². The Morgan fingerprint density at radius 3 is 2.88 bits per heavy atom. The Hall–Kier alpha value is -1.74. The van der Waals surface area contributed by atoms with Gasteiger partial charge in [-0.15, -0.1) is 11.3 Å². The first-order valence-electron chi connectivity index (χ1n) is 8.58. The summed E-state index contributed by atoms with van der Waals surface area (Å²) in [6.45, 7) is 4.06. The number of rotatable bonds is 3. The average Bonchev–Trinajstić information content (AvgIpc) is 3.15. The topological polar surface area (TPSA) is 83.7 Å².